The normalized spacial score (nSPS) is 11.0. The second-order valence-corrected chi connectivity index (χ2v) is 5.60. The highest BCUT2D eigenvalue weighted by molar-refractivity contribution is 7.98. The van der Waals surface area contributed by atoms with Gasteiger partial charge in [-0.15, -0.1) is 0 Å². The van der Waals surface area contributed by atoms with E-state index < -0.39 is 0 Å². The van der Waals surface area contributed by atoms with E-state index in [2.05, 4.69) is 21.9 Å². The second kappa shape index (κ2) is 6.18. The number of nitrogens with zero attached hydrogens (tertiary/aromatic N) is 2. The van der Waals surface area contributed by atoms with Gasteiger partial charge in [-0.05, 0) is 24.6 Å². The third-order valence-electron chi connectivity index (χ3n) is 3.39. The minimum absolute atomic E-state index is 0.778. The number of para-hydroxylation sites is 2. The molecule has 108 valence electrons. The van der Waals surface area contributed by atoms with Crippen LogP contribution in [0.5, 0.6) is 5.75 Å². The van der Waals surface area contributed by atoms with Crippen LogP contribution in [0.15, 0.2) is 41.7 Å². The molecule has 5 heteroatoms. The molecule has 0 aliphatic carbocycles. The Labute approximate surface area is 128 Å². The van der Waals surface area contributed by atoms with Gasteiger partial charge in [0.25, 0.3) is 0 Å². The number of hydrogen-bond donors (Lipinski definition) is 1. The van der Waals surface area contributed by atoms with Gasteiger partial charge in [0, 0.05) is 17.5 Å². The summed E-state index contributed by atoms with van der Waals surface area (Å²) in [6.45, 7) is 2.12. The van der Waals surface area contributed by atoms with Crippen molar-refractivity contribution in [1.29, 1.82) is 0 Å². The van der Waals surface area contributed by atoms with Crippen molar-refractivity contribution in [3.8, 4) is 5.75 Å². The van der Waals surface area contributed by atoms with Crippen molar-refractivity contribution in [3.63, 3.8) is 0 Å². The third kappa shape index (κ3) is 2.88. The number of thioether (sulfide) groups is 1. The number of imidazole rings is 1. The van der Waals surface area contributed by atoms with E-state index >= 15 is 0 Å². The number of H-pyrrole nitrogens is 1. The molecular formula is C16H17N3OS. The van der Waals surface area contributed by atoms with Gasteiger partial charge in [0.15, 0.2) is 5.16 Å². The van der Waals surface area contributed by atoms with Crippen LogP contribution in [0.2, 0.25) is 0 Å². The number of fused-ring (bicyclic) bond motifs is 1. The Bertz CT molecular complexity index is 721. The number of benzene rings is 1. The highest BCUT2D eigenvalue weighted by Crippen LogP contribution is 2.27. The minimum atomic E-state index is 0.778. The van der Waals surface area contributed by atoms with Crippen molar-refractivity contribution in [3.05, 3.63) is 47.8 Å². The molecule has 0 saturated carbocycles. The summed E-state index contributed by atoms with van der Waals surface area (Å²) in [5, 5.41) is 0.919. The summed E-state index contributed by atoms with van der Waals surface area (Å²) in [5.74, 6) is 1.69. The fourth-order valence-corrected chi connectivity index (χ4v) is 3.21. The van der Waals surface area contributed by atoms with Gasteiger partial charge >= 0.3 is 0 Å². The lowest BCUT2D eigenvalue weighted by Gasteiger charge is -2.10. The zero-order valence-electron chi connectivity index (χ0n) is 12.1. The first-order chi connectivity index (χ1) is 10.3. The van der Waals surface area contributed by atoms with E-state index in [1.54, 1.807) is 25.1 Å². The van der Waals surface area contributed by atoms with E-state index in [4.69, 9.17) is 4.74 Å². The maximum atomic E-state index is 5.40. The zero-order chi connectivity index (χ0) is 14.7. The molecule has 0 spiro atoms. The number of aromatic amines is 1. The average Bonchev–Trinajstić information content (AvgIpc) is 2.95. The Morgan fingerprint density at radius 3 is 2.86 bits per heavy atom. The fraction of sp³-hybridized carbons (Fsp3) is 0.250. The molecule has 4 nitrogen and oxygen atoms in total. The first kappa shape index (κ1) is 13.9. The number of pyridine rings is 1. The number of methoxy groups -OCH3 is 1. The molecule has 0 radical (unpaired) electrons. The Morgan fingerprint density at radius 2 is 2.10 bits per heavy atom. The molecule has 0 unspecified atom stereocenters. The summed E-state index contributed by atoms with van der Waals surface area (Å²) >= 11 is 1.66. The van der Waals surface area contributed by atoms with Crippen LogP contribution in [-0.2, 0) is 12.2 Å². The molecule has 0 fully saturated rings. The molecule has 0 saturated heterocycles. The van der Waals surface area contributed by atoms with Gasteiger partial charge in [-0.3, -0.25) is 4.98 Å². The minimum Gasteiger partial charge on any atom is -0.496 e. The van der Waals surface area contributed by atoms with Crippen LogP contribution in [0, 0.1) is 0 Å². The van der Waals surface area contributed by atoms with Crippen LogP contribution < -0.4 is 4.74 Å². The summed E-state index contributed by atoms with van der Waals surface area (Å²) in [7, 11) is 1.70. The highest BCUT2D eigenvalue weighted by atomic mass is 32.2. The second-order valence-electron chi connectivity index (χ2n) is 4.64. The van der Waals surface area contributed by atoms with Crippen molar-refractivity contribution in [2.75, 3.05) is 7.11 Å². The Balaban J connectivity index is 1.81. The Hall–Kier alpha value is -2.01. The molecule has 1 N–H and O–H groups in total. The maximum Gasteiger partial charge on any atom is 0.166 e. The van der Waals surface area contributed by atoms with Crippen LogP contribution in [-0.4, -0.2) is 22.1 Å². The van der Waals surface area contributed by atoms with E-state index in [1.807, 2.05) is 30.3 Å². The van der Waals surface area contributed by atoms with Crippen molar-refractivity contribution in [2.45, 2.75) is 24.3 Å². The Kier molecular flexibility index (Phi) is 4.10. The smallest absolute Gasteiger partial charge is 0.166 e. The molecule has 1 aromatic carbocycles. The molecule has 3 rings (SSSR count). The maximum absolute atomic E-state index is 5.40. The third-order valence-corrected chi connectivity index (χ3v) is 4.27. The fourth-order valence-electron chi connectivity index (χ4n) is 2.34. The first-order valence-electron chi connectivity index (χ1n) is 6.90. The summed E-state index contributed by atoms with van der Waals surface area (Å²) in [6.07, 6.45) is 2.71. The largest absolute Gasteiger partial charge is 0.496 e. The van der Waals surface area contributed by atoms with Gasteiger partial charge in [0.05, 0.1) is 23.8 Å². The van der Waals surface area contributed by atoms with Crippen LogP contribution in [0.25, 0.3) is 11.0 Å². The molecule has 0 aliphatic rings. The molecule has 2 aromatic heterocycles. The predicted molar refractivity (Wildman–Crippen MR) is 85.8 cm³/mol. The summed E-state index contributed by atoms with van der Waals surface area (Å²) in [6, 6.07) is 9.96. The molecule has 0 atom stereocenters. The lowest BCUT2D eigenvalue weighted by Crippen LogP contribution is -1.99. The van der Waals surface area contributed by atoms with Gasteiger partial charge in [0.1, 0.15) is 5.75 Å². The standard InChI is InChI=1S/C16H17N3OS/c1-3-11-14(17-9-8-15(11)20-2)10-21-16-18-12-6-4-5-7-13(12)19-16/h4-9H,3,10H2,1-2H3,(H,18,19). The number of ether oxygens (including phenoxy) is 1. The highest BCUT2D eigenvalue weighted by Gasteiger charge is 2.10. The predicted octanol–water partition coefficient (Wildman–Crippen LogP) is 3.82. The van der Waals surface area contributed by atoms with Gasteiger partial charge in [-0.2, -0.15) is 0 Å². The lowest BCUT2D eigenvalue weighted by molar-refractivity contribution is 0.408. The van der Waals surface area contributed by atoms with Crippen LogP contribution >= 0.6 is 11.8 Å². The van der Waals surface area contributed by atoms with Gasteiger partial charge in [-0.1, -0.05) is 30.8 Å². The molecule has 21 heavy (non-hydrogen) atoms. The zero-order valence-corrected chi connectivity index (χ0v) is 12.9. The molecule has 3 aromatic rings. The molecule has 2 heterocycles. The van der Waals surface area contributed by atoms with E-state index in [0.29, 0.717) is 0 Å². The van der Waals surface area contributed by atoms with E-state index in [0.717, 1.165) is 39.8 Å². The van der Waals surface area contributed by atoms with Crippen molar-refractivity contribution >= 4 is 22.8 Å². The molecular weight excluding hydrogens is 282 g/mol. The van der Waals surface area contributed by atoms with Crippen LogP contribution in [0.3, 0.4) is 0 Å². The summed E-state index contributed by atoms with van der Waals surface area (Å²) in [5.41, 5.74) is 4.29. The molecule has 0 aliphatic heterocycles. The van der Waals surface area contributed by atoms with Gasteiger partial charge < -0.3 is 9.72 Å². The quantitative estimate of drug-likeness (QED) is 0.728. The van der Waals surface area contributed by atoms with Crippen LogP contribution in [0.4, 0.5) is 0 Å². The summed E-state index contributed by atoms with van der Waals surface area (Å²) in [4.78, 5) is 12.4. The van der Waals surface area contributed by atoms with Crippen LogP contribution in [0.1, 0.15) is 18.2 Å². The summed E-state index contributed by atoms with van der Waals surface area (Å²) < 4.78 is 5.40. The Morgan fingerprint density at radius 1 is 1.24 bits per heavy atom. The van der Waals surface area contributed by atoms with E-state index in [-0.39, 0.29) is 0 Å². The SMILES string of the molecule is CCc1c(OC)ccnc1CSc1nc2ccccc2[nH]1. The molecule has 0 bridgehead atoms. The number of hydrogen-bond acceptors (Lipinski definition) is 4. The van der Waals surface area contributed by atoms with Gasteiger partial charge in [-0.25, -0.2) is 4.98 Å². The topological polar surface area (TPSA) is 50.8 Å². The average molecular weight is 299 g/mol. The number of rotatable bonds is 5. The number of nitrogens with one attached hydrogen (secondary N) is 1. The van der Waals surface area contributed by atoms with E-state index in [1.165, 1.54) is 5.56 Å². The lowest BCUT2D eigenvalue weighted by atomic mass is 10.1. The monoisotopic (exact) mass is 299 g/mol. The number of aromatic nitrogens is 3. The van der Waals surface area contributed by atoms with E-state index in [9.17, 15) is 0 Å². The van der Waals surface area contributed by atoms with Gasteiger partial charge in [0.2, 0.25) is 0 Å². The molecule has 0 amide bonds. The van der Waals surface area contributed by atoms with Crippen molar-refractivity contribution in [1.82, 2.24) is 15.0 Å². The first-order valence-corrected chi connectivity index (χ1v) is 7.88. The van der Waals surface area contributed by atoms with Crippen molar-refractivity contribution < 1.29 is 4.74 Å². The van der Waals surface area contributed by atoms with Crippen molar-refractivity contribution in [2.24, 2.45) is 0 Å².